The van der Waals surface area contributed by atoms with Crippen LogP contribution in [0.4, 0.5) is 0 Å². The maximum Gasteiger partial charge on any atom is 0.157 e. The molecule has 3 nitrogen and oxygen atoms in total. The number of rotatable bonds is 1. The lowest BCUT2D eigenvalue weighted by Crippen LogP contribution is -2.18. The Morgan fingerprint density at radius 3 is 2.80 bits per heavy atom. The molecule has 1 aliphatic rings. The molecule has 0 radical (unpaired) electrons. The van der Waals surface area contributed by atoms with Crippen LogP contribution in [0.5, 0.6) is 0 Å². The first kappa shape index (κ1) is 10.2. The second-order valence-corrected chi connectivity index (χ2v) is 3.95. The molecule has 0 saturated carbocycles. The Morgan fingerprint density at radius 2 is 2.13 bits per heavy atom. The van der Waals surface area contributed by atoms with Crippen molar-refractivity contribution in [1.82, 2.24) is 5.32 Å². The number of aryl methyl sites for hydroxylation is 1. The Bertz CT molecular complexity index is 440. The third-order valence-corrected chi connectivity index (χ3v) is 2.99. The molecule has 0 unspecified atom stereocenters. The molecule has 0 aliphatic carbocycles. The highest BCUT2D eigenvalue weighted by Crippen LogP contribution is 2.28. The largest absolute Gasteiger partial charge is 0.469 e. The van der Waals surface area contributed by atoms with Crippen LogP contribution in [0, 0.1) is 6.92 Å². The molecule has 15 heavy (non-hydrogen) atoms. The summed E-state index contributed by atoms with van der Waals surface area (Å²) < 4.78 is 5.39. The quantitative estimate of drug-likeness (QED) is 0.763. The first-order chi connectivity index (χ1) is 7.11. The highest BCUT2D eigenvalue weighted by molar-refractivity contribution is 6.01. The van der Waals surface area contributed by atoms with Crippen LogP contribution in [0.2, 0.25) is 0 Å². The van der Waals surface area contributed by atoms with Crippen molar-refractivity contribution in [2.45, 2.75) is 27.3 Å². The van der Waals surface area contributed by atoms with E-state index in [-0.39, 0.29) is 5.78 Å². The second-order valence-electron chi connectivity index (χ2n) is 3.95. The summed E-state index contributed by atoms with van der Waals surface area (Å²) in [6, 6.07) is 0. The molecule has 0 bridgehead atoms. The summed E-state index contributed by atoms with van der Waals surface area (Å²) in [5.74, 6) is 1.06. The predicted octanol–water partition coefficient (Wildman–Crippen LogP) is 2.05. The zero-order valence-electron chi connectivity index (χ0n) is 9.31. The zero-order chi connectivity index (χ0) is 11.0. The standard InChI is InChI=1S/C12H15NO2/c1-7-10(8(2)14)4-13-5-11-9(3)15-6-12(7)11/h6,13H,4-5H2,1-3H3. The molecule has 2 rings (SSSR count). The van der Waals surface area contributed by atoms with E-state index >= 15 is 0 Å². The Morgan fingerprint density at radius 1 is 1.40 bits per heavy atom. The molecule has 0 spiro atoms. The van der Waals surface area contributed by atoms with Crippen molar-refractivity contribution in [3.63, 3.8) is 0 Å². The molecule has 0 aromatic carbocycles. The summed E-state index contributed by atoms with van der Waals surface area (Å²) >= 11 is 0. The lowest BCUT2D eigenvalue weighted by molar-refractivity contribution is -0.113. The van der Waals surface area contributed by atoms with Crippen molar-refractivity contribution in [1.29, 1.82) is 0 Å². The van der Waals surface area contributed by atoms with Crippen LogP contribution in [0.3, 0.4) is 0 Å². The van der Waals surface area contributed by atoms with Crippen LogP contribution < -0.4 is 5.32 Å². The molecular formula is C12H15NO2. The third-order valence-electron chi connectivity index (χ3n) is 2.99. The molecular weight excluding hydrogens is 190 g/mol. The fourth-order valence-electron chi connectivity index (χ4n) is 2.01. The SMILES string of the molecule is CC(=O)C1=C(C)c2coc(C)c2CNC1. The maximum atomic E-state index is 11.5. The normalized spacial score (nSPS) is 16.2. The molecule has 1 aromatic heterocycles. The van der Waals surface area contributed by atoms with Gasteiger partial charge in [-0.2, -0.15) is 0 Å². The van der Waals surface area contributed by atoms with Gasteiger partial charge in [-0.25, -0.2) is 0 Å². The van der Waals surface area contributed by atoms with Gasteiger partial charge < -0.3 is 9.73 Å². The second kappa shape index (κ2) is 3.66. The minimum Gasteiger partial charge on any atom is -0.469 e. The average molecular weight is 205 g/mol. The molecule has 0 atom stereocenters. The van der Waals surface area contributed by atoms with Crippen LogP contribution in [-0.4, -0.2) is 12.3 Å². The van der Waals surface area contributed by atoms with Gasteiger partial charge in [-0.05, 0) is 26.3 Å². The van der Waals surface area contributed by atoms with Gasteiger partial charge in [0.1, 0.15) is 5.76 Å². The van der Waals surface area contributed by atoms with E-state index in [0.717, 1.165) is 29.0 Å². The highest BCUT2D eigenvalue weighted by atomic mass is 16.3. The van der Waals surface area contributed by atoms with Gasteiger partial charge in [0.2, 0.25) is 0 Å². The van der Waals surface area contributed by atoms with Crippen molar-refractivity contribution in [2.75, 3.05) is 6.54 Å². The smallest absolute Gasteiger partial charge is 0.157 e. The number of carbonyl (C=O) groups excluding carboxylic acids is 1. The number of Topliss-reactive ketones (excluding diaryl/α,β-unsaturated/α-hetero) is 1. The Kier molecular flexibility index (Phi) is 2.49. The monoisotopic (exact) mass is 205 g/mol. The molecule has 0 amide bonds. The number of hydrogen-bond acceptors (Lipinski definition) is 3. The summed E-state index contributed by atoms with van der Waals surface area (Å²) in [7, 11) is 0. The van der Waals surface area contributed by atoms with Crippen LogP contribution >= 0.6 is 0 Å². The van der Waals surface area contributed by atoms with Crippen LogP contribution in [-0.2, 0) is 11.3 Å². The number of allylic oxidation sites excluding steroid dienone is 1. The van der Waals surface area contributed by atoms with Gasteiger partial charge in [-0.15, -0.1) is 0 Å². The minimum absolute atomic E-state index is 0.131. The van der Waals surface area contributed by atoms with Gasteiger partial charge in [0, 0.05) is 29.8 Å². The molecule has 80 valence electrons. The van der Waals surface area contributed by atoms with Gasteiger partial charge in [0.15, 0.2) is 5.78 Å². The fraction of sp³-hybridized carbons (Fsp3) is 0.417. The van der Waals surface area contributed by atoms with Crippen molar-refractivity contribution >= 4 is 11.4 Å². The lowest BCUT2D eigenvalue weighted by Gasteiger charge is -2.04. The Labute approximate surface area is 89.2 Å². The number of furan rings is 1. The zero-order valence-corrected chi connectivity index (χ0v) is 9.31. The first-order valence-electron chi connectivity index (χ1n) is 5.10. The first-order valence-corrected chi connectivity index (χ1v) is 5.10. The van der Waals surface area contributed by atoms with Crippen molar-refractivity contribution in [2.24, 2.45) is 0 Å². The fourth-order valence-corrected chi connectivity index (χ4v) is 2.01. The van der Waals surface area contributed by atoms with Gasteiger partial charge in [0.05, 0.1) is 6.26 Å². The van der Waals surface area contributed by atoms with Gasteiger partial charge in [0.25, 0.3) is 0 Å². The molecule has 3 heteroatoms. The van der Waals surface area contributed by atoms with E-state index in [1.807, 2.05) is 13.8 Å². The molecule has 0 fully saturated rings. The summed E-state index contributed by atoms with van der Waals surface area (Å²) in [6.07, 6.45) is 1.75. The summed E-state index contributed by atoms with van der Waals surface area (Å²) in [4.78, 5) is 11.5. The Balaban J connectivity index is 2.58. The number of ketones is 1. The summed E-state index contributed by atoms with van der Waals surface area (Å²) in [5, 5.41) is 3.25. The van der Waals surface area contributed by atoms with E-state index in [1.165, 1.54) is 5.56 Å². The van der Waals surface area contributed by atoms with Gasteiger partial charge in [-0.1, -0.05) is 0 Å². The van der Waals surface area contributed by atoms with E-state index in [1.54, 1.807) is 13.2 Å². The van der Waals surface area contributed by atoms with E-state index in [9.17, 15) is 4.79 Å². The molecule has 1 aliphatic heterocycles. The summed E-state index contributed by atoms with van der Waals surface area (Å²) in [5.41, 5.74) is 4.14. The number of nitrogens with one attached hydrogen (secondary N) is 1. The molecule has 1 aromatic rings. The minimum atomic E-state index is 0.131. The maximum absolute atomic E-state index is 11.5. The molecule has 0 saturated heterocycles. The van der Waals surface area contributed by atoms with E-state index in [2.05, 4.69) is 5.32 Å². The molecule has 2 heterocycles. The van der Waals surface area contributed by atoms with E-state index in [4.69, 9.17) is 4.42 Å². The third kappa shape index (κ3) is 1.63. The predicted molar refractivity (Wildman–Crippen MR) is 58.4 cm³/mol. The van der Waals surface area contributed by atoms with Crippen LogP contribution in [0.15, 0.2) is 16.3 Å². The number of carbonyl (C=O) groups is 1. The topological polar surface area (TPSA) is 42.2 Å². The van der Waals surface area contributed by atoms with E-state index < -0.39 is 0 Å². The molecule has 1 N–H and O–H groups in total. The average Bonchev–Trinajstić information content (AvgIpc) is 2.44. The van der Waals surface area contributed by atoms with Crippen LogP contribution in [0.25, 0.3) is 5.57 Å². The summed E-state index contributed by atoms with van der Waals surface area (Å²) in [6.45, 7) is 6.96. The van der Waals surface area contributed by atoms with Crippen LogP contribution in [0.1, 0.15) is 30.7 Å². The van der Waals surface area contributed by atoms with Crippen molar-refractivity contribution < 1.29 is 9.21 Å². The highest BCUT2D eigenvalue weighted by Gasteiger charge is 2.19. The van der Waals surface area contributed by atoms with E-state index in [0.29, 0.717) is 6.54 Å². The lowest BCUT2D eigenvalue weighted by atomic mass is 9.99. The van der Waals surface area contributed by atoms with Crippen molar-refractivity contribution in [3.8, 4) is 0 Å². The number of hydrogen-bond donors (Lipinski definition) is 1. The van der Waals surface area contributed by atoms with Gasteiger partial charge in [-0.3, -0.25) is 4.79 Å². The van der Waals surface area contributed by atoms with Gasteiger partial charge >= 0.3 is 0 Å². The Hall–Kier alpha value is -1.35. The van der Waals surface area contributed by atoms with Crippen molar-refractivity contribution in [3.05, 3.63) is 28.7 Å². The number of fused-ring (bicyclic) bond motifs is 1.